The van der Waals surface area contributed by atoms with E-state index in [0.29, 0.717) is 0 Å². The van der Waals surface area contributed by atoms with Crippen LogP contribution in [0.4, 0.5) is 0 Å². The van der Waals surface area contributed by atoms with Crippen molar-refractivity contribution in [3.8, 4) is 6.07 Å². The first-order chi connectivity index (χ1) is 5.63. The van der Waals surface area contributed by atoms with Crippen LogP contribution in [0.15, 0.2) is 0 Å². The SMILES string of the molecule is CCOC(=O)C(CC#N)C(=O)O. The Morgan fingerprint density at radius 1 is 1.67 bits per heavy atom. The average molecular weight is 171 g/mol. The van der Waals surface area contributed by atoms with E-state index < -0.39 is 17.9 Å². The van der Waals surface area contributed by atoms with Gasteiger partial charge < -0.3 is 9.84 Å². The molecule has 0 heterocycles. The van der Waals surface area contributed by atoms with Gasteiger partial charge in [0.15, 0.2) is 5.92 Å². The number of rotatable bonds is 4. The number of carbonyl (C=O) groups is 2. The highest BCUT2D eigenvalue weighted by Gasteiger charge is 2.26. The molecule has 0 bridgehead atoms. The molecule has 12 heavy (non-hydrogen) atoms. The summed E-state index contributed by atoms with van der Waals surface area (Å²) < 4.78 is 4.45. The smallest absolute Gasteiger partial charge is 0.321 e. The molecule has 1 N–H and O–H groups in total. The highest BCUT2D eigenvalue weighted by Crippen LogP contribution is 2.04. The molecule has 0 aliphatic rings. The Bertz CT molecular complexity index is 218. The van der Waals surface area contributed by atoms with Gasteiger partial charge in [-0.25, -0.2) is 0 Å². The second-order valence-corrected chi connectivity index (χ2v) is 2.01. The van der Waals surface area contributed by atoms with E-state index in [2.05, 4.69) is 4.74 Å². The Morgan fingerprint density at radius 2 is 2.25 bits per heavy atom. The third kappa shape index (κ3) is 3.01. The molecule has 0 aromatic carbocycles. The van der Waals surface area contributed by atoms with Crippen LogP contribution < -0.4 is 0 Å². The van der Waals surface area contributed by atoms with E-state index in [0.717, 1.165) is 0 Å². The minimum atomic E-state index is -1.35. The van der Waals surface area contributed by atoms with Crippen LogP contribution in [-0.4, -0.2) is 23.7 Å². The third-order valence-corrected chi connectivity index (χ3v) is 1.16. The molecule has 0 saturated heterocycles. The summed E-state index contributed by atoms with van der Waals surface area (Å²) in [6, 6.07) is 1.61. The molecule has 0 spiro atoms. The average Bonchev–Trinajstić information content (AvgIpc) is 1.99. The predicted molar refractivity (Wildman–Crippen MR) is 38.0 cm³/mol. The second-order valence-electron chi connectivity index (χ2n) is 2.01. The van der Waals surface area contributed by atoms with E-state index in [4.69, 9.17) is 10.4 Å². The van der Waals surface area contributed by atoms with Crippen LogP contribution >= 0.6 is 0 Å². The zero-order valence-electron chi connectivity index (χ0n) is 6.61. The quantitative estimate of drug-likeness (QED) is 0.481. The van der Waals surface area contributed by atoms with Crippen molar-refractivity contribution < 1.29 is 19.4 Å². The molecule has 0 aliphatic heterocycles. The summed E-state index contributed by atoms with van der Waals surface area (Å²) in [7, 11) is 0. The van der Waals surface area contributed by atoms with Crippen LogP contribution in [0.2, 0.25) is 0 Å². The third-order valence-electron chi connectivity index (χ3n) is 1.16. The van der Waals surface area contributed by atoms with Crippen molar-refractivity contribution in [1.82, 2.24) is 0 Å². The lowest BCUT2D eigenvalue weighted by molar-refractivity contribution is -0.158. The van der Waals surface area contributed by atoms with Gasteiger partial charge >= 0.3 is 11.9 Å². The molecule has 0 aromatic heterocycles. The van der Waals surface area contributed by atoms with E-state index in [-0.39, 0.29) is 13.0 Å². The molecule has 0 radical (unpaired) electrons. The summed E-state index contributed by atoms with van der Waals surface area (Å²) in [5, 5.41) is 16.6. The maximum Gasteiger partial charge on any atom is 0.321 e. The zero-order valence-corrected chi connectivity index (χ0v) is 6.61. The fourth-order valence-electron chi connectivity index (χ4n) is 0.606. The molecule has 0 saturated carbocycles. The maximum atomic E-state index is 10.8. The van der Waals surface area contributed by atoms with Crippen LogP contribution in [0.5, 0.6) is 0 Å². The Kier molecular flexibility index (Phi) is 4.46. The molecule has 5 heteroatoms. The van der Waals surface area contributed by atoms with Crippen molar-refractivity contribution in [2.45, 2.75) is 13.3 Å². The Labute approximate surface area is 69.6 Å². The highest BCUT2D eigenvalue weighted by atomic mass is 16.5. The van der Waals surface area contributed by atoms with Crippen molar-refractivity contribution in [3.63, 3.8) is 0 Å². The van der Waals surface area contributed by atoms with Gasteiger partial charge in [-0.2, -0.15) is 5.26 Å². The lowest BCUT2D eigenvalue weighted by atomic mass is 10.1. The van der Waals surface area contributed by atoms with Gasteiger partial charge in [0, 0.05) is 0 Å². The van der Waals surface area contributed by atoms with Crippen molar-refractivity contribution in [2.24, 2.45) is 5.92 Å². The van der Waals surface area contributed by atoms with Gasteiger partial charge in [-0.1, -0.05) is 0 Å². The van der Waals surface area contributed by atoms with Gasteiger partial charge in [0.25, 0.3) is 0 Å². The highest BCUT2D eigenvalue weighted by molar-refractivity contribution is 5.94. The minimum absolute atomic E-state index is 0.119. The topological polar surface area (TPSA) is 87.4 Å². The van der Waals surface area contributed by atoms with E-state index in [1.165, 1.54) is 0 Å². The lowest BCUT2D eigenvalue weighted by Gasteiger charge is -2.06. The molecule has 0 aromatic rings. The number of hydrogen-bond donors (Lipinski definition) is 1. The zero-order chi connectivity index (χ0) is 9.56. The van der Waals surface area contributed by atoms with Crippen molar-refractivity contribution in [2.75, 3.05) is 6.61 Å². The second kappa shape index (κ2) is 5.13. The van der Waals surface area contributed by atoms with Gasteiger partial charge in [0.05, 0.1) is 19.1 Å². The van der Waals surface area contributed by atoms with Crippen LogP contribution in [-0.2, 0) is 14.3 Å². The van der Waals surface area contributed by atoms with Crippen molar-refractivity contribution in [1.29, 1.82) is 5.26 Å². The summed E-state index contributed by atoms with van der Waals surface area (Å²) in [6.07, 6.45) is -0.353. The van der Waals surface area contributed by atoms with Gasteiger partial charge in [-0.3, -0.25) is 9.59 Å². The number of aliphatic carboxylic acids is 1. The first kappa shape index (κ1) is 10.4. The van der Waals surface area contributed by atoms with Crippen LogP contribution in [0.3, 0.4) is 0 Å². The Morgan fingerprint density at radius 3 is 2.58 bits per heavy atom. The fourth-order valence-corrected chi connectivity index (χ4v) is 0.606. The van der Waals surface area contributed by atoms with Gasteiger partial charge in [0.1, 0.15) is 0 Å². The van der Waals surface area contributed by atoms with E-state index in [9.17, 15) is 9.59 Å². The monoisotopic (exact) mass is 171 g/mol. The molecule has 0 aliphatic carbocycles. The van der Waals surface area contributed by atoms with E-state index in [1.54, 1.807) is 13.0 Å². The number of carboxylic acid groups (broad SMARTS) is 1. The molecule has 0 fully saturated rings. The molecule has 0 amide bonds. The van der Waals surface area contributed by atoms with Crippen LogP contribution in [0.25, 0.3) is 0 Å². The Balaban J connectivity index is 4.21. The van der Waals surface area contributed by atoms with Crippen LogP contribution in [0.1, 0.15) is 13.3 Å². The molecular formula is C7H9NO4. The molecular weight excluding hydrogens is 162 g/mol. The fraction of sp³-hybridized carbons (Fsp3) is 0.571. The van der Waals surface area contributed by atoms with Gasteiger partial charge in [0.2, 0.25) is 0 Å². The summed E-state index contributed by atoms with van der Waals surface area (Å²) in [6.45, 7) is 1.69. The maximum absolute atomic E-state index is 10.8. The summed E-state index contributed by atoms with van der Waals surface area (Å²) >= 11 is 0. The van der Waals surface area contributed by atoms with Gasteiger partial charge in [-0.15, -0.1) is 0 Å². The predicted octanol–water partition coefficient (Wildman–Crippen LogP) is 0.164. The standard InChI is InChI=1S/C7H9NO4/c1-2-12-7(11)5(3-4-8)6(9)10/h5H,2-3H2,1H3,(H,9,10). The largest absolute Gasteiger partial charge is 0.481 e. The minimum Gasteiger partial charge on any atom is -0.481 e. The summed E-state index contributed by atoms with van der Waals surface area (Å²) in [5.74, 6) is -3.53. The molecule has 66 valence electrons. The number of esters is 1. The Hall–Kier alpha value is -1.57. The molecule has 0 rings (SSSR count). The van der Waals surface area contributed by atoms with Crippen molar-refractivity contribution >= 4 is 11.9 Å². The number of carbonyl (C=O) groups excluding carboxylic acids is 1. The first-order valence-corrected chi connectivity index (χ1v) is 3.39. The molecule has 5 nitrogen and oxygen atoms in total. The first-order valence-electron chi connectivity index (χ1n) is 3.39. The number of carboxylic acids is 1. The van der Waals surface area contributed by atoms with Gasteiger partial charge in [-0.05, 0) is 6.92 Å². The molecule has 1 atom stereocenters. The van der Waals surface area contributed by atoms with E-state index in [1.807, 2.05) is 0 Å². The summed E-state index contributed by atoms with van der Waals surface area (Å²) in [4.78, 5) is 21.2. The normalized spacial score (nSPS) is 11.3. The molecule has 1 unspecified atom stereocenters. The van der Waals surface area contributed by atoms with Crippen molar-refractivity contribution in [3.05, 3.63) is 0 Å². The number of nitrogens with zero attached hydrogens (tertiary/aromatic N) is 1. The number of nitriles is 1. The van der Waals surface area contributed by atoms with Crippen LogP contribution in [0, 0.1) is 17.2 Å². The van der Waals surface area contributed by atoms with E-state index >= 15 is 0 Å². The number of hydrogen-bond acceptors (Lipinski definition) is 4. The summed E-state index contributed by atoms with van der Waals surface area (Å²) in [5.41, 5.74) is 0. The number of ether oxygens (including phenoxy) is 1. The lowest BCUT2D eigenvalue weighted by Crippen LogP contribution is -2.25.